The fourth-order valence-corrected chi connectivity index (χ4v) is 2.75. The molecule has 0 aliphatic carbocycles. The molecular weight excluding hydrogens is 425 g/mol. The van der Waals surface area contributed by atoms with Gasteiger partial charge < -0.3 is 0 Å². The number of rotatable bonds is 4. The van der Waals surface area contributed by atoms with Crippen LogP contribution in [0.2, 0.25) is 10.3 Å². The summed E-state index contributed by atoms with van der Waals surface area (Å²) in [7, 11) is -5.30. The van der Waals surface area contributed by atoms with Gasteiger partial charge in [0.15, 0.2) is 10.3 Å². The van der Waals surface area contributed by atoms with Gasteiger partial charge in [0.05, 0.1) is 11.0 Å². The van der Waals surface area contributed by atoms with Crippen LogP contribution in [0.3, 0.4) is 0 Å². The first kappa shape index (κ1) is 19.9. The van der Waals surface area contributed by atoms with Crippen LogP contribution in [-0.2, 0) is 14.3 Å². The summed E-state index contributed by atoms with van der Waals surface area (Å²) in [5.41, 5.74) is -0.535. The molecule has 5 nitrogen and oxygen atoms in total. The van der Waals surface area contributed by atoms with Crippen molar-refractivity contribution < 1.29 is 38.9 Å². The molecule has 2 rings (SSSR count). The molecule has 0 atom stereocenters. The van der Waals surface area contributed by atoms with E-state index in [0.717, 1.165) is 0 Å². The third-order valence-electron chi connectivity index (χ3n) is 2.72. The van der Waals surface area contributed by atoms with Gasteiger partial charge >= 0.3 is 12.1 Å². The number of hydrogen-bond acceptors (Lipinski definition) is 5. The lowest BCUT2D eigenvalue weighted by Crippen LogP contribution is -2.41. The highest BCUT2D eigenvalue weighted by Gasteiger charge is 2.58. The number of nitrogens with zero attached hydrogens (tertiary/aromatic N) is 2. The maximum Gasteiger partial charge on any atom is 0.455 e. The SMILES string of the molecule is O=S(=O)(OCC(F)(F)C(F)(F)F)c1cc2nc(Cl)c(Cl)nc2cc1F. The predicted molar refractivity (Wildman–Crippen MR) is 73.7 cm³/mol. The second-order valence-electron chi connectivity index (χ2n) is 4.50. The van der Waals surface area contributed by atoms with Gasteiger partial charge in [-0.05, 0) is 6.07 Å². The van der Waals surface area contributed by atoms with Gasteiger partial charge in [-0.3, -0.25) is 4.18 Å². The van der Waals surface area contributed by atoms with Gasteiger partial charge in [0.1, 0.15) is 17.3 Å². The van der Waals surface area contributed by atoms with Crippen molar-refractivity contribution in [2.24, 2.45) is 0 Å². The number of hydrogen-bond donors (Lipinski definition) is 0. The molecule has 0 spiro atoms. The van der Waals surface area contributed by atoms with Gasteiger partial charge in [-0.1, -0.05) is 23.2 Å². The molecule has 1 aromatic heterocycles. The molecule has 0 unspecified atom stereocenters. The zero-order valence-corrected chi connectivity index (χ0v) is 13.7. The smallest absolute Gasteiger partial charge is 0.260 e. The molecular formula is C11H4Cl2F6N2O3S. The number of alkyl halides is 5. The van der Waals surface area contributed by atoms with Crippen molar-refractivity contribution in [2.75, 3.05) is 6.61 Å². The first-order valence-electron chi connectivity index (χ1n) is 5.91. The largest absolute Gasteiger partial charge is 0.455 e. The van der Waals surface area contributed by atoms with Crippen LogP contribution < -0.4 is 0 Å². The molecule has 0 saturated heterocycles. The lowest BCUT2D eigenvalue weighted by molar-refractivity contribution is -0.289. The lowest BCUT2D eigenvalue weighted by atomic mass is 10.3. The monoisotopic (exact) mass is 428 g/mol. The number of halogens is 8. The Labute approximate surface area is 145 Å². The summed E-state index contributed by atoms with van der Waals surface area (Å²) in [4.78, 5) is 5.88. The molecule has 0 saturated carbocycles. The number of fused-ring (bicyclic) bond motifs is 1. The van der Waals surface area contributed by atoms with Gasteiger partial charge in [0.25, 0.3) is 10.1 Å². The van der Waals surface area contributed by atoms with Crippen molar-refractivity contribution >= 4 is 44.4 Å². The van der Waals surface area contributed by atoms with Crippen molar-refractivity contribution in [3.8, 4) is 0 Å². The van der Waals surface area contributed by atoms with Crippen molar-refractivity contribution in [1.29, 1.82) is 0 Å². The first-order chi connectivity index (χ1) is 11.2. The zero-order valence-electron chi connectivity index (χ0n) is 11.4. The third-order valence-corrected chi connectivity index (χ3v) is 4.62. The van der Waals surface area contributed by atoms with Gasteiger partial charge in [-0.15, -0.1) is 0 Å². The van der Waals surface area contributed by atoms with Crippen LogP contribution in [0.15, 0.2) is 17.0 Å². The van der Waals surface area contributed by atoms with Gasteiger partial charge in [-0.25, -0.2) is 14.4 Å². The van der Waals surface area contributed by atoms with E-state index < -0.39 is 39.5 Å². The van der Waals surface area contributed by atoms with Gasteiger partial charge in [-0.2, -0.15) is 30.4 Å². The summed E-state index contributed by atoms with van der Waals surface area (Å²) in [5.74, 6) is -6.97. The number of benzene rings is 1. The van der Waals surface area contributed by atoms with E-state index in [9.17, 15) is 34.8 Å². The number of aromatic nitrogens is 2. The normalized spacial score (nSPS) is 13.4. The minimum Gasteiger partial charge on any atom is -0.260 e. The Balaban J connectivity index is 2.42. The summed E-state index contributed by atoms with van der Waals surface area (Å²) >= 11 is 11.1. The van der Waals surface area contributed by atoms with Crippen molar-refractivity contribution in [1.82, 2.24) is 9.97 Å². The van der Waals surface area contributed by atoms with Gasteiger partial charge in [0.2, 0.25) is 0 Å². The Hall–Kier alpha value is -1.37. The molecule has 1 aromatic carbocycles. The Kier molecular flexibility index (Phi) is 5.12. The molecule has 0 N–H and O–H groups in total. The summed E-state index contributed by atoms with van der Waals surface area (Å²) in [6.07, 6.45) is -6.04. The van der Waals surface area contributed by atoms with E-state index in [-0.39, 0.29) is 21.3 Å². The van der Waals surface area contributed by atoms with Crippen LogP contribution in [0.4, 0.5) is 26.3 Å². The molecule has 2 aromatic rings. The molecule has 1 heterocycles. The molecule has 138 valence electrons. The fraction of sp³-hybridized carbons (Fsp3) is 0.273. The second kappa shape index (κ2) is 6.41. The molecule has 0 aliphatic heterocycles. The summed E-state index contributed by atoms with van der Waals surface area (Å²) in [6.45, 7) is -2.55. The Morgan fingerprint density at radius 3 is 1.96 bits per heavy atom. The van der Waals surface area contributed by atoms with E-state index in [4.69, 9.17) is 23.2 Å². The minimum absolute atomic E-state index is 0.230. The average Bonchev–Trinajstić information content (AvgIpc) is 2.45. The zero-order chi connectivity index (χ0) is 19.2. The van der Waals surface area contributed by atoms with Crippen LogP contribution in [-0.4, -0.2) is 37.1 Å². The molecule has 25 heavy (non-hydrogen) atoms. The Bertz CT molecular complexity index is 936. The van der Waals surface area contributed by atoms with E-state index in [1.165, 1.54) is 0 Å². The highest BCUT2D eigenvalue weighted by Crippen LogP contribution is 2.36. The summed E-state index contributed by atoms with van der Waals surface area (Å²) in [6, 6.07) is 1.05. The fourth-order valence-electron chi connectivity index (χ4n) is 1.50. The second-order valence-corrected chi connectivity index (χ2v) is 6.79. The molecule has 0 bridgehead atoms. The molecule has 0 radical (unpaired) electrons. The highest BCUT2D eigenvalue weighted by atomic mass is 35.5. The van der Waals surface area contributed by atoms with Crippen LogP contribution in [0.1, 0.15) is 0 Å². The average molecular weight is 429 g/mol. The molecule has 0 fully saturated rings. The van der Waals surface area contributed by atoms with Crippen LogP contribution in [0.25, 0.3) is 11.0 Å². The van der Waals surface area contributed by atoms with Crippen molar-refractivity contribution in [2.45, 2.75) is 17.0 Å². The Morgan fingerprint density at radius 1 is 1.00 bits per heavy atom. The van der Waals surface area contributed by atoms with E-state index in [1.54, 1.807) is 0 Å². The van der Waals surface area contributed by atoms with Gasteiger partial charge in [0, 0.05) is 6.07 Å². The van der Waals surface area contributed by atoms with E-state index in [2.05, 4.69) is 14.2 Å². The minimum atomic E-state index is -6.04. The molecule has 14 heteroatoms. The Morgan fingerprint density at radius 2 is 1.48 bits per heavy atom. The van der Waals surface area contributed by atoms with Crippen molar-refractivity contribution in [3.05, 3.63) is 28.3 Å². The standard InChI is InChI=1S/C11H4Cl2F6N2O3S/c12-8-9(13)21-6-2-7(4(14)1-5(6)20-8)25(22,23)24-3-10(15,16)11(17,18)19/h1-2H,3H2. The maximum absolute atomic E-state index is 13.9. The topological polar surface area (TPSA) is 69.2 Å². The van der Waals surface area contributed by atoms with Crippen LogP contribution in [0, 0.1) is 5.82 Å². The lowest BCUT2D eigenvalue weighted by Gasteiger charge is -2.19. The quantitative estimate of drug-likeness (QED) is 0.544. The summed E-state index contributed by atoms with van der Waals surface area (Å²) in [5, 5.41) is -0.682. The van der Waals surface area contributed by atoms with E-state index in [0.29, 0.717) is 12.1 Å². The molecule has 0 amide bonds. The summed E-state index contributed by atoms with van der Waals surface area (Å²) < 4.78 is 103. The predicted octanol–water partition coefficient (Wildman–Crippen LogP) is 3.98. The van der Waals surface area contributed by atoms with E-state index in [1.807, 2.05) is 0 Å². The van der Waals surface area contributed by atoms with Crippen LogP contribution in [0.5, 0.6) is 0 Å². The van der Waals surface area contributed by atoms with Crippen molar-refractivity contribution in [3.63, 3.8) is 0 Å². The molecule has 0 aliphatic rings. The first-order valence-corrected chi connectivity index (χ1v) is 8.07. The maximum atomic E-state index is 13.9. The van der Waals surface area contributed by atoms with E-state index >= 15 is 0 Å². The van der Waals surface area contributed by atoms with Crippen LogP contribution >= 0.6 is 23.2 Å². The third kappa shape index (κ3) is 4.07. The highest BCUT2D eigenvalue weighted by molar-refractivity contribution is 7.86.